The molecule has 1 fully saturated rings. The van der Waals surface area contributed by atoms with Crippen LogP contribution in [0.15, 0.2) is 91.1 Å². The van der Waals surface area contributed by atoms with E-state index >= 15 is 0 Å². The molecule has 29 heavy (non-hydrogen) atoms. The molecule has 1 saturated heterocycles. The van der Waals surface area contributed by atoms with Crippen LogP contribution in [-0.4, -0.2) is 11.8 Å². The van der Waals surface area contributed by atoms with Gasteiger partial charge >= 0.3 is 6.03 Å². The van der Waals surface area contributed by atoms with Crippen molar-refractivity contribution in [3.8, 4) is 11.1 Å². The maximum Gasteiger partial charge on any atom is 0.319 e. The number of nitrogens with one attached hydrogen (secondary N) is 2. The summed E-state index contributed by atoms with van der Waals surface area (Å²) < 4.78 is 0. The second-order valence-corrected chi connectivity index (χ2v) is 7.37. The first-order valence-corrected chi connectivity index (χ1v) is 9.62. The van der Waals surface area contributed by atoms with Gasteiger partial charge in [-0.3, -0.25) is 4.79 Å². The van der Waals surface area contributed by atoms with E-state index in [1.54, 1.807) is 24.3 Å². The van der Waals surface area contributed by atoms with Gasteiger partial charge in [-0.1, -0.05) is 72.8 Å². The summed E-state index contributed by atoms with van der Waals surface area (Å²) in [5.74, 6) is -0.757. The molecule has 1 aliphatic heterocycles. The Morgan fingerprint density at radius 3 is 2.14 bits per heavy atom. The molecule has 3 aromatic carbocycles. The number of amides is 2. The van der Waals surface area contributed by atoms with Crippen molar-refractivity contribution in [2.24, 2.45) is 5.92 Å². The summed E-state index contributed by atoms with van der Waals surface area (Å²) in [6, 6.07) is 23.7. The van der Waals surface area contributed by atoms with Crippen LogP contribution in [0.5, 0.6) is 0 Å². The minimum absolute atomic E-state index is 0.128. The summed E-state index contributed by atoms with van der Waals surface area (Å²) >= 11 is 5.94. The van der Waals surface area contributed by atoms with Crippen LogP contribution < -0.4 is 10.6 Å². The van der Waals surface area contributed by atoms with Crippen molar-refractivity contribution >= 4 is 23.4 Å². The van der Waals surface area contributed by atoms with E-state index in [1.165, 1.54) is 0 Å². The van der Waals surface area contributed by atoms with Gasteiger partial charge in [0, 0.05) is 16.3 Å². The topological polar surface area (TPSA) is 58.2 Å². The van der Waals surface area contributed by atoms with Crippen molar-refractivity contribution in [1.82, 2.24) is 10.6 Å². The summed E-state index contributed by atoms with van der Waals surface area (Å²) in [6.07, 6.45) is 0. The molecule has 4 nitrogen and oxygen atoms in total. The molecule has 2 atom stereocenters. The smallest absolute Gasteiger partial charge is 0.319 e. The molecule has 0 spiro atoms. The summed E-state index contributed by atoms with van der Waals surface area (Å²) in [6.45, 7) is 3.93. The number of benzene rings is 3. The largest absolute Gasteiger partial charge is 0.330 e. The number of Topliss-reactive ketones (excluding diaryl/α,β-unsaturated/α-hetero) is 1. The van der Waals surface area contributed by atoms with Gasteiger partial charge in [-0.25, -0.2) is 4.79 Å². The first-order chi connectivity index (χ1) is 14.0. The second-order valence-electron chi connectivity index (χ2n) is 6.94. The molecule has 0 aromatic heterocycles. The summed E-state index contributed by atoms with van der Waals surface area (Å²) in [5, 5.41) is 6.07. The maximum absolute atomic E-state index is 13.2. The van der Waals surface area contributed by atoms with Crippen LogP contribution >= 0.6 is 11.6 Å². The highest BCUT2D eigenvalue weighted by Gasteiger charge is 2.38. The molecule has 1 aliphatic rings. The lowest BCUT2D eigenvalue weighted by Gasteiger charge is -2.34. The van der Waals surface area contributed by atoms with E-state index in [0.717, 1.165) is 16.7 Å². The minimum Gasteiger partial charge on any atom is -0.330 e. The van der Waals surface area contributed by atoms with E-state index in [4.69, 9.17) is 11.6 Å². The van der Waals surface area contributed by atoms with Crippen molar-refractivity contribution < 1.29 is 9.59 Å². The van der Waals surface area contributed by atoms with Crippen molar-refractivity contribution in [3.05, 3.63) is 107 Å². The Morgan fingerprint density at radius 1 is 0.862 bits per heavy atom. The molecule has 5 heteroatoms. The maximum atomic E-state index is 13.2. The molecule has 0 saturated carbocycles. The number of rotatable bonds is 4. The van der Waals surface area contributed by atoms with Gasteiger partial charge in [-0.15, -0.1) is 0 Å². The van der Waals surface area contributed by atoms with E-state index in [2.05, 4.69) is 17.2 Å². The van der Waals surface area contributed by atoms with E-state index in [0.29, 0.717) is 16.3 Å². The van der Waals surface area contributed by atoms with Crippen molar-refractivity contribution in [2.45, 2.75) is 6.04 Å². The SMILES string of the molecule is C=C1NC(=O)N[C@H](c2ccc(-c3ccccc3)cc2)[C@@H]1C(=O)c1ccc(Cl)cc1. The molecule has 1 heterocycles. The van der Waals surface area contributed by atoms with Crippen molar-refractivity contribution in [1.29, 1.82) is 0 Å². The van der Waals surface area contributed by atoms with Crippen LogP contribution in [0, 0.1) is 5.92 Å². The number of ketones is 1. The highest BCUT2D eigenvalue weighted by atomic mass is 35.5. The molecular formula is C24H19ClN2O2. The van der Waals surface area contributed by atoms with Crippen LogP contribution in [0.3, 0.4) is 0 Å². The number of hydrogen-bond donors (Lipinski definition) is 2. The molecule has 2 amide bonds. The predicted molar refractivity (Wildman–Crippen MR) is 115 cm³/mol. The van der Waals surface area contributed by atoms with E-state index in [9.17, 15) is 9.59 Å². The summed E-state index contributed by atoms with van der Waals surface area (Å²) in [4.78, 5) is 25.3. The third kappa shape index (κ3) is 3.93. The second kappa shape index (κ2) is 7.94. The number of carbonyl (C=O) groups is 2. The molecule has 0 unspecified atom stereocenters. The van der Waals surface area contributed by atoms with Crippen LogP contribution in [0.25, 0.3) is 11.1 Å². The zero-order chi connectivity index (χ0) is 20.4. The molecule has 0 aliphatic carbocycles. The quantitative estimate of drug-likeness (QED) is 0.576. The van der Waals surface area contributed by atoms with Gasteiger partial charge in [-0.2, -0.15) is 0 Å². The highest BCUT2D eigenvalue weighted by molar-refractivity contribution is 6.30. The van der Waals surface area contributed by atoms with Crippen LogP contribution in [0.4, 0.5) is 4.79 Å². The van der Waals surface area contributed by atoms with Gasteiger partial charge in [-0.05, 0) is 41.0 Å². The molecule has 0 radical (unpaired) electrons. The van der Waals surface area contributed by atoms with Gasteiger partial charge in [0.25, 0.3) is 0 Å². The van der Waals surface area contributed by atoms with Crippen molar-refractivity contribution in [3.63, 3.8) is 0 Å². The Balaban J connectivity index is 1.67. The van der Waals surface area contributed by atoms with Gasteiger partial charge in [0.1, 0.15) is 0 Å². The number of urea groups is 1. The van der Waals surface area contributed by atoms with Crippen LogP contribution in [0.1, 0.15) is 22.0 Å². The zero-order valence-electron chi connectivity index (χ0n) is 15.6. The molecular weight excluding hydrogens is 384 g/mol. The molecule has 144 valence electrons. The average molecular weight is 403 g/mol. The van der Waals surface area contributed by atoms with Gasteiger partial charge in [0.05, 0.1) is 12.0 Å². The molecule has 0 bridgehead atoms. The first kappa shape index (κ1) is 19.0. The lowest BCUT2D eigenvalue weighted by Crippen LogP contribution is -2.50. The monoisotopic (exact) mass is 402 g/mol. The fourth-order valence-electron chi connectivity index (χ4n) is 3.58. The Bertz CT molecular complexity index is 1060. The number of halogens is 1. The van der Waals surface area contributed by atoms with Gasteiger partial charge in [0.15, 0.2) is 5.78 Å². The van der Waals surface area contributed by atoms with E-state index < -0.39 is 12.0 Å². The zero-order valence-corrected chi connectivity index (χ0v) is 16.3. The Kier molecular flexibility index (Phi) is 5.19. The Hall–Kier alpha value is -3.37. The third-order valence-corrected chi connectivity index (χ3v) is 5.31. The Labute approximate surface area is 174 Å². The van der Waals surface area contributed by atoms with Crippen LogP contribution in [0.2, 0.25) is 5.02 Å². The first-order valence-electron chi connectivity index (χ1n) is 9.24. The van der Waals surface area contributed by atoms with Crippen molar-refractivity contribution in [2.75, 3.05) is 0 Å². The van der Waals surface area contributed by atoms with Gasteiger partial charge < -0.3 is 10.6 Å². The lowest BCUT2D eigenvalue weighted by molar-refractivity contribution is 0.0905. The minimum atomic E-state index is -0.628. The Morgan fingerprint density at radius 2 is 1.48 bits per heavy atom. The summed E-state index contributed by atoms with van der Waals surface area (Å²) in [5.41, 5.74) is 3.91. The molecule has 3 aromatic rings. The van der Waals surface area contributed by atoms with E-state index in [1.807, 2.05) is 54.6 Å². The predicted octanol–water partition coefficient (Wildman–Crippen LogP) is 5.37. The fraction of sp³-hybridized carbons (Fsp3) is 0.0833. The lowest BCUT2D eigenvalue weighted by atomic mass is 9.83. The number of hydrogen-bond acceptors (Lipinski definition) is 2. The standard InChI is InChI=1S/C24H19ClN2O2/c1-15-21(23(28)19-11-13-20(25)14-12-19)22(27-24(29)26-15)18-9-7-17(8-10-18)16-5-3-2-4-6-16/h2-14,21-22H,1H2,(H2,26,27,29)/t21-,22-/m1/s1. The summed E-state index contributed by atoms with van der Waals surface area (Å²) in [7, 11) is 0. The normalized spacial score (nSPS) is 18.7. The highest BCUT2D eigenvalue weighted by Crippen LogP contribution is 2.33. The van der Waals surface area contributed by atoms with Crippen LogP contribution in [-0.2, 0) is 0 Å². The molecule has 4 rings (SSSR count). The van der Waals surface area contributed by atoms with E-state index in [-0.39, 0.29) is 11.8 Å². The molecule has 2 N–H and O–H groups in total. The fourth-order valence-corrected chi connectivity index (χ4v) is 3.70. The van der Waals surface area contributed by atoms with Gasteiger partial charge in [0.2, 0.25) is 0 Å². The average Bonchev–Trinajstić information content (AvgIpc) is 2.74. The number of carbonyl (C=O) groups excluding carboxylic acids is 2. The third-order valence-electron chi connectivity index (χ3n) is 5.06.